The second-order valence-electron chi connectivity index (χ2n) is 1.39. The fourth-order valence-electron chi connectivity index (χ4n) is 0.238. The molecule has 0 aliphatic heterocycles. The van der Waals surface area contributed by atoms with Crippen molar-refractivity contribution < 1.29 is 9.90 Å². The maximum Gasteiger partial charge on any atom is 0.212 e. The van der Waals surface area contributed by atoms with Gasteiger partial charge in [0.1, 0.15) is 0 Å². The van der Waals surface area contributed by atoms with Crippen molar-refractivity contribution in [3.63, 3.8) is 0 Å². The molecule has 0 aliphatic carbocycles. The van der Waals surface area contributed by atoms with Crippen molar-refractivity contribution >= 4 is 18.5 Å². The minimum absolute atomic E-state index is 0.0322. The molecule has 0 unspecified atom stereocenters. The molecular formula is C5H7N3O2. The number of allylic oxidation sites excluding steroid dienone is 1. The number of rotatable bonds is 2. The van der Waals surface area contributed by atoms with E-state index in [1.54, 1.807) is 0 Å². The molecule has 0 fully saturated rings. The predicted molar refractivity (Wildman–Crippen MR) is 37.2 cm³/mol. The van der Waals surface area contributed by atoms with Crippen LogP contribution < -0.4 is 5.73 Å². The second kappa shape index (κ2) is 4.25. The molecule has 0 bridgehead atoms. The Kier molecular flexibility index (Phi) is 3.55. The lowest BCUT2D eigenvalue weighted by Crippen LogP contribution is -2.05. The Bertz CT molecular complexity index is 195. The highest BCUT2D eigenvalue weighted by atomic mass is 16.2. The molecule has 10 heavy (non-hydrogen) atoms. The minimum Gasteiger partial charge on any atom is -0.515 e. The van der Waals surface area contributed by atoms with Crippen LogP contribution in [0.15, 0.2) is 16.8 Å². The number of hydrogen-bond donors (Lipinski definition) is 3. The van der Waals surface area contributed by atoms with Crippen LogP contribution in [-0.4, -0.2) is 23.6 Å². The SMILES string of the molecule is N=C(N)/N=C/C(C=O)=C\O. The summed E-state index contributed by atoms with van der Waals surface area (Å²) in [5.74, 6) is -0.416. The van der Waals surface area contributed by atoms with Crippen LogP contribution in [0, 0.1) is 5.41 Å². The monoisotopic (exact) mass is 141 g/mol. The summed E-state index contributed by atoms with van der Waals surface area (Å²) in [6, 6.07) is 0. The number of guanidine groups is 1. The van der Waals surface area contributed by atoms with E-state index in [2.05, 4.69) is 4.99 Å². The fraction of sp³-hybridized carbons (Fsp3) is 0. The zero-order chi connectivity index (χ0) is 7.98. The van der Waals surface area contributed by atoms with Crippen LogP contribution in [0.2, 0.25) is 0 Å². The van der Waals surface area contributed by atoms with E-state index in [9.17, 15) is 4.79 Å². The smallest absolute Gasteiger partial charge is 0.212 e. The summed E-state index contributed by atoms with van der Waals surface area (Å²) < 4.78 is 0. The van der Waals surface area contributed by atoms with Crippen LogP contribution in [0.1, 0.15) is 0 Å². The first-order valence-corrected chi connectivity index (χ1v) is 2.38. The average molecular weight is 141 g/mol. The molecule has 0 radical (unpaired) electrons. The van der Waals surface area contributed by atoms with Gasteiger partial charge in [0.15, 0.2) is 6.29 Å². The van der Waals surface area contributed by atoms with Gasteiger partial charge >= 0.3 is 0 Å². The number of aliphatic hydroxyl groups is 1. The zero-order valence-corrected chi connectivity index (χ0v) is 5.11. The lowest BCUT2D eigenvalue weighted by atomic mass is 10.4. The molecule has 0 aromatic rings. The van der Waals surface area contributed by atoms with E-state index in [0.29, 0.717) is 12.5 Å². The van der Waals surface area contributed by atoms with Gasteiger partial charge in [-0.2, -0.15) is 0 Å². The lowest BCUT2D eigenvalue weighted by Gasteiger charge is -1.84. The lowest BCUT2D eigenvalue weighted by molar-refractivity contribution is -0.104. The third-order valence-corrected chi connectivity index (χ3v) is 0.638. The number of nitrogens with zero attached hydrogens (tertiary/aromatic N) is 1. The predicted octanol–water partition coefficient (Wildman–Crippen LogP) is -0.409. The van der Waals surface area contributed by atoms with Gasteiger partial charge < -0.3 is 10.8 Å². The van der Waals surface area contributed by atoms with Crippen molar-refractivity contribution in [3.8, 4) is 0 Å². The maximum atomic E-state index is 9.92. The van der Waals surface area contributed by atoms with Gasteiger partial charge in [-0.05, 0) is 0 Å². The molecule has 5 heteroatoms. The van der Waals surface area contributed by atoms with Crippen LogP contribution in [0.3, 0.4) is 0 Å². The van der Waals surface area contributed by atoms with Crippen molar-refractivity contribution in [2.24, 2.45) is 10.7 Å². The van der Waals surface area contributed by atoms with Crippen molar-refractivity contribution in [1.82, 2.24) is 0 Å². The van der Waals surface area contributed by atoms with Gasteiger partial charge in [0, 0.05) is 6.21 Å². The molecule has 4 N–H and O–H groups in total. The summed E-state index contributed by atoms with van der Waals surface area (Å²) in [6.45, 7) is 0. The van der Waals surface area contributed by atoms with Crippen molar-refractivity contribution in [2.75, 3.05) is 0 Å². The van der Waals surface area contributed by atoms with Crippen LogP contribution in [0.4, 0.5) is 0 Å². The first-order chi connectivity index (χ1) is 4.70. The van der Waals surface area contributed by atoms with E-state index >= 15 is 0 Å². The number of nitrogens with one attached hydrogen (secondary N) is 1. The van der Waals surface area contributed by atoms with E-state index in [1.807, 2.05) is 0 Å². The first-order valence-electron chi connectivity index (χ1n) is 2.38. The Hall–Kier alpha value is -1.65. The van der Waals surface area contributed by atoms with Crippen molar-refractivity contribution in [3.05, 3.63) is 11.8 Å². The molecule has 0 amide bonds. The van der Waals surface area contributed by atoms with Gasteiger partial charge in [-0.1, -0.05) is 0 Å². The second-order valence-corrected chi connectivity index (χ2v) is 1.39. The molecule has 0 saturated heterocycles. The topological polar surface area (TPSA) is 99.5 Å². The van der Waals surface area contributed by atoms with E-state index in [0.717, 1.165) is 6.21 Å². The van der Waals surface area contributed by atoms with Gasteiger partial charge in [-0.15, -0.1) is 0 Å². The Labute approximate surface area is 57.4 Å². The number of aliphatic hydroxyl groups excluding tert-OH is 1. The fourth-order valence-corrected chi connectivity index (χ4v) is 0.238. The van der Waals surface area contributed by atoms with Crippen LogP contribution in [0.25, 0.3) is 0 Å². The Morgan fingerprint density at radius 1 is 1.70 bits per heavy atom. The number of hydrogen-bond acceptors (Lipinski definition) is 3. The van der Waals surface area contributed by atoms with Crippen LogP contribution in [-0.2, 0) is 4.79 Å². The van der Waals surface area contributed by atoms with Crippen LogP contribution in [0.5, 0.6) is 0 Å². The van der Waals surface area contributed by atoms with Gasteiger partial charge in [0.25, 0.3) is 0 Å². The number of carbonyl (C=O) groups is 1. The quantitative estimate of drug-likeness (QED) is 0.160. The average Bonchev–Trinajstić information content (AvgIpc) is 1.90. The summed E-state index contributed by atoms with van der Waals surface area (Å²) in [7, 11) is 0. The molecule has 5 nitrogen and oxygen atoms in total. The van der Waals surface area contributed by atoms with Gasteiger partial charge in [-0.25, -0.2) is 4.99 Å². The summed E-state index contributed by atoms with van der Waals surface area (Å²) in [6.07, 6.45) is 1.97. The van der Waals surface area contributed by atoms with Gasteiger partial charge in [0.05, 0.1) is 11.8 Å². The molecule has 0 atom stereocenters. The van der Waals surface area contributed by atoms with E-state index < -0.39 is 5.96 Å². The molecule has 0 aromatic heterocycles. The Morgan fingerprint density at radius 2 is 2.30 bits per heavy atom. The number of carbonyl (C=O) groups excluding carboxylic acids is 1. The number of aldehydes is 1. The van der Waals surface area contributed by atoms with Crippen molar-refractivity contribution in [1.29, 1.82) is 5.41 Å². The van der Waals surface area contributed by atoms with Crippen LogP contribution >= 0.6 is 0 Å². The molecule has 0 aromatic carbocycles. The highest BCUT2D eigenvalue weighted by Crippen LogP contribution is 1.80. The standard InChI is InChI=1S/C5H7N3O2/c6-5(7)8-1-4(2-9)3-10/h1-3,9H,(H3,6,7)/b4-2+,8-1+. The molecule has 0 spiro atoms. The Morgan fingerprint density at radius 3 is 2.60 bits per heavy atom. The summed E-state index contributed by atoms with van der Waals surface area (Å²) in [4.78, 5) is 13.2. The summed E-state index contributed by atoms with van der Waals surface area (Å²) >= 11 is 0. The normalized spacial score (nSPS) is 11.8. The third-order valence-electron chi connectivity index (χ3n) is 0.638. The Balaban J connectivity index is 4.11. The zero-order valence-electron chi connectivity index (χ0n) is 5.11. The molecule has 0 rings (SSSR count). The highest BCUT2D eigenvalue weighted by Gasteiger charge is 1.87. The highest BCUT2D eigenvalue weighted by molar-refractivity contribution is 6.04. The summed E-state index contributed by atoms with van der Waals surface area (Å²) in [5, 5.41) is 14.8. The largest absolute Gasteiger partial charge is 0.515 e. The van der Waals surface area contributed by atoms with E-state index in [1.165, 1.54) is 0 Å². The van der Waals surface area contributed by atoms with Crippen molar-refractivity contribution in [2.45, 2.75) is 0 Å². The minimum atomic E-state index is -0.416. The molecule has 54 valence electrons. The molecular weight excluding hydrogens is 134 g/mol. The molecule has 0 aliphatic rings. The molecule has 0 saturated carbocycles. The molecule has 0 heterocycles. The number of aliphatic imine (C=N–C) groups is 1. The van der Waals surface area contributed by atoms with E-state index in [-0.39, 0.29) is 5.57 Å². The number of nitrogens with two attached hydrogens (primary N) is 1. The van der Waals surface area contributed by atoms with Gasteiger partial charge in [0.2, 0.25) is 5.96 Å². The van der Waals surface area contributed by atoms with Gasteiger partial charge in [-0.3, -0.25) is 10.2 Å². The summed E-state index contributed by atoms with van der Waals surface area (Å²) in [5.41, 5.74) is 4.78. The van der Waals surface area contributed by atoms with E-state index in [4.69, 9.17) is 16.2 Å². The maximum absolute atomic E-state index is 9.92. The first kappa shape index (κ1) is 8.35. The third kappa shape index (κ3) is 3.36.